The van der Waals surface area contributed by atoms with Gasteiger partial charge in [0.15, 0.2) is 12.2 Å². The topological polar surface area (TPSA) is 237 Å². The van der Waals surface area contributed by atoms with E-state index in [2.05, 4.69) is 41.5 Å². The van der Waals surface area contributed by atoms with Gasteiger partial charge in [0.25, 0.3) is 0 Å². The van der Waals surface area contributed by atoms with Crippen LogP contribution in [-0.4, -0.2) is 96.7 Å². The Balaban J connectivity index is 5.27. The molecule has 17 nitrogen and oxygen atoms in total. The molecule has 3 unspecified atom stereocenters. The van der Waals surface area contributed by atoms with E-state index in [1.807, 2.05) is 0 Å². The van der Waals surface area contributed by atoms with Crippen LogP contribution in [0.4, 0.5) is 0 Å². The molecule has 3 N–H and O–H groups in total. The van der Waals surface area contributed by atoms with Crippen molar-refractivity contribution in [1.29, 1.82) is 0 Å². The lowest BCUT2D eigenvalue weighted by Crippen LogP contribution is -2.30. The van der Waals surface area contributed by atoms with Crippen LogP contribution in [0, 0.1) is 11.8 Å². The first-order chi connectivity index (χ1) is 49.4. The first-order valence-corrected chi connectivity index (χ1v) is 46.0. The van der Waals surface area contributed by atoms with Gasteiger partial charge < -0.3 is 33.8 Å². The highest BCUT2D eigenvalue weighted by Gasteiger charge is 2.30. The highest BCUT2D eigenvalue weighted by Crippen LogP contribution is 2.45. The Hall–Kier alpha value is -1.94. The monoisotopic (exact) mass is 1490 g/mol. The predicted octanol–water partition coefficient (Wildman–Crippen LogP) is 25.1. The molecule has 0 amide bonds. The maximum atomic E-state index is 13.1. The van der Waals surface area contributed by atoms with Crippen LogP contribution in [0.3, 0.4) is 0 Å². The molecule has 0 aliphatic rings. The first kappa shape index (κ1) is 100. The van der Waals surface area contributed by atoms with E-state index in [1.165, 1.54) is 257 Å². The van der Waals surface area contributed by atoms with E-state index in [4.69, 9.17) is 37.0 Å². The zero-order valence-corrected chi connectivity index (χ0v) is 68.7. The Labute approximate surface area is 626 Å². The number of esters is 4. The van der Waals surface area contributed by atoms with Gasteiger partial charge in [0, 0.05) is 25.7 Å². The Bertz CT molecular complexity index is 1960. The molecule has 0 bridgehead atoms. The summed E-state index contributed by atoms with van der Waals surface area (Å²) in [6, 6.07) is 0. The normalized spacial score (nSPS) is 14.1. The van der Waals surface area contributed by atoms with E-state index >= 15 is 0 Å². The van der Waals surface area contributed by atoms with Crippen molar-refractivity contribution in [3.63, 3.8) is 0 Å². The predicted molar refractivity (Wildman–Crippen MR) is 418 cm³/mol. The van der Waals surface area contributed by atoms with E-state index in [0.717, 1.165) is 102 Å². The van der Waals surface area contributed by atoms with E-state index < -0.39 is 97.5 Å². The van der Waals surface area contributed by atoms with Gasteiger partial charge in [-0.1, -0.05) is 388 Å². The number of aliphatic hydroxyl groups excluding tert-OH is 1. The van der Waals surface area contributed by atoms with Crippen molar-refractivity contribution < 1.29 is 80.2 Å². The number of carbonyl (C=O) groups excluding carboxylic acids is 4. The number of carbonyl (C=O) groups is 4. The SMILES string of the molecule is CCCCCCCCCCCCCCCCCCCC(=O)OC[C@H](COP(=O)(O)OC[C@@H](O)COP(=O)(O)OC[C@@H](COC(=O)CCCCCCCCCCCCCCC)OC(=O)CCCCCCCCCCCCC(C)CC)OC(=O)CCCCCCCCCCCCCCCCCC(C)C. The summed E-state index contributed by atoms with van der Waals surface area (Å²) in [7, 11) is -9.92. The number of phosphoric ester groups is 2. The van der Waals surface area contributed by atoms with Gasteiger partial charge >= 0.3 is 39.5 Å². The van der Waals surface area contributed by atoms with Gasteiger partial charge in [-0.15, -0.1) is 0 Å². The minimum Gasteiger partial charge on any atom is -0.462 e. The number of aliphatic hydroxyl groups is 1. The molecular formula is C83H162O17P2. The molecule has 0 aromatic carbocycles. The maximum Gasteiger partial charge on any atom is 0.472 e. The van der Waals surface area contributed by atoms with Crippen LogP contribution in [-0.2, 0) is 65.4 Å². The summed E-state index contributed by atoms with van der Waals surface area (Å²) in [6.07, 6.45) is 65.0. The zero-order valence-electron chi connectivity index (χ0n) is 66.9. The zero-order chi connectivity index (χ0) is 74.9. The fraction of sp³-hybridized carbons (Fsp3) is 0.952. The molecule has 0 rings (SSSR count). The van der Waals surface area contributed by atoms with Crippen LogP contribution in [0.1, 0.15) is 440 Å². The molecule has 0 heterocycles. The highest BCUT2D eigenvalue weighted by molar-refractivity contribution is 7.47. The Morgan fingerprint density at radius 3 is 0.745 bits per heavy atom. The average molecular weight is 1490 g/mol. The Morgan fingerprint density at radius 2 is 0.500 bits per heavy atom. The minimum atomic E-state index is -4.96. The van der Waals surface area contributed by atoms with Gasteiger partial charge in [-0.2, -0.15) is 0 Å². The smallest absolute Gasteiger partial charge is 0.462 e. The van der Waals surface area contributed by atoms with Crippen LogP contribution >= 0.6 is 15.6 Å². The van der Waals surface area contributed by atoms with Crippen LogP contribution in [0.25, 0.3) is 0 Å². The van der Waals surface area contributed by atoms with Crippen LogP contribution in [0.15, 0.2) is 0 Å². The molecule has 606 valence electrons. The van der Waals surface area contributed by atoms with Crippen molar-refractivity contribution in [3.8, 4) is 0 Å². The van der Waals surface area contributed by atoms with Crippen LogP contribution in [0.2, 0.25) is 0 Å². The first-order valence-electron chi connectivity index (χ1n) is 43.0. The van der Waals surface area contributed by atoms with Crippen LogP contribution < -0.4 is 0 Å². The Morgan fingerprint density at radius 1 is 0.284 bits per heavy atom. The summed E-state index contributed by atoms with van der Waals surface area (Å²) in [6.45, 7) is 9.71. The molecule has 0 fully saturated rings. The summed E-state index contributed by atoms with van der Waals surface area (Å²) in [5.41, 5.74) is 0. The number of hydrogen-bond donors (Lipinski definition) is 3. The third-order valence-corrected chi connectivity index (χ3v) is 21.7. The summed E-state index contributed by atoms with van der Waals surface area (Å²) in [4.78, 5) is 73.2. The van der Waals surface area contributed by atoms with E-state index in [9.17, 15) is 43.2 Å². The molecule has 0 aromatic heterocycles. The van der Waals surface area contributed by atoms with Gasteiger partial charge in [0.05, 0.1) is 26.4 Å². The molecular weight excluding hydrogens is 1330 g/mol. The maximum absolute atomic E-state index is 13.1. The standard InChI is InChI=1S/C83H162O17P2/c1-7-10-12-14-16-18-20-22-23-24-27-31-35-42-48-54-60-66-81(86)94-71-78(99-82(87)67-61-55-49-43-36-32-28-25-26-30-33-39-45-51-57-63-75(4)5)73-97-101(89,90)95-69-77(84)70-96-102(91,92)98-74-79(72-93-80(85)65-59-53-47-41-34-29-21-19-17-15-13-11-8-2)100-83(88)68-62-56-50-44-38-37-40-46-52-58-64-76(6)9-3/h75-79,84H,7-74H2,1-6H3,(H,89,90)(H,91,92)/t76?,77-,78-,79-/m1/s1. The van der Waals surface area contributed by atoms with Gasteiger partial charge in [-0.3, -0.25) is 37.3 Å². The number of unbranched alkanes of at least 4 members (excludes halogenated alkanes) is 51. The minimum absolute atomic E-state index is 0.107. The molecule has 0 aliphatic heterocycles. The van der Waals surface area contributed by atoms with Gasteiger partial charge in [-0.25, -0.2) is 9.13 Å². The second-order valence-corrected chi connectivity index (χ2v) is 33.5. The average Bonchev–Trinajstić information content (AvgIpc) is 0.923. The lowest BCUT2D eigenvalue weighted by Gasteiger charge is -2.21. The fourth-order valence-corrected chi connectivity index (χ4v) is 14.4. The Kier molecular flexibility index (Phi) is 73.1. The van der Waals surface area contributed by atoms with Crippen molar-refractivity contribution >= 4 is 39.5 Å². The van der Waals surface area contributed by atoms with Crippen LogP contribution in [0.5, 0.6) is 0 Å². The molecule has 0 saturated heterocycles. The number of ether oxygens (including phenoxy) is 4. The van der Waals surface area contributed by atoms with E-state index in [1.54, 1.807) is 0 Å². The van der Waals surface area contributed by atoms with Crippen molar-refractivity contribution in [3.05, 3.63) is 0 Å². The largest absolute Gasteiger partial charge is 0.472 e. The van der Waals surface area contributed by atoms with Gasteiger partial charge in [-0.05, 0) is 37.5 Å². The van der Waals surface area contributed by atoms with E-state index in [-0.39, 0.29) is 25.7 Å². The molecule has 0 aliphatic carbocycles. The quantitative estimate of drug-likeness (QED) is 0.0222. The molecule has 6 atom stereocenters. The summed E-state index contributed by atoms with van der Waals surface area (Å²) in [5.74, 6) is -0.498. The van der Waals surface area contributed by atoms with E-state index in [0.29, 0.717) is 25.7 Å². The number of rotatable bonds is 82. The fourth-order valence-electron chi connectivity index (χ4n) is 12.9. The summed E-state index contributed by atoms with van der Waals surface area (Å²) < 4.78 is 68.8. The third kappa shape index (κ3) is 74.9. The van der Waals surface area contributed by atoms with Crippen molar-refractivity contribution in [2.24, 2.45) is 11.8 Å². The van der Waals surface area contributed by atoms with Gasteiger partial charge in [0.1, 0.15) is 19.3 Å². The van der Waals surface area contributed by atoms with Gasteiger partial charge in [0.2, 0.25) is 0 Å². The lowest BCUT2D eigenvalue weighted by molar-refractivity contribution is -0.161. The number of hydrogen-bond acceptors (Lipinski definition) is 15. The van der Waals surface area contributed by atoms with Crippen molar-refractivity contribution in [1.82, 2.24) is 0 Å². The molecule has 0 saturated carbocycles. The number of phosphoric acid groups is 2. The second kappa shape index (κ2) is 74.5. The highest BCUT2D eigenvalue weighted by atomic mass is 31.2. The summed E-state index contributed by atoms with van der Waals surface area (Å²) >= 11 is 0. The lowest BCUT2D eigenvalue weighted by atomic mass is 9.99. The molecule has 0 radical (unpaired) electrons. The second-order valence-electron chi connectivity index (χ2n) is 30.6. The molecule has 0 aromatic rings. The van der Waals surface area contributed by atoms with Crippen molar-refractivity contribution in [2.45, 2.75) is 458 Å². The molecule has 102 heavy (non-hydrogen) atoms. The third-order valence-electron chi connectivity index (χ3n) is 19.8. The molecule has 19 heteroatoms. The summed E-state index contributed by atoms with van der Waals surface area (Å²) in [5, 5.41) is 10.7. The van der Waals surface area contributed by atoms with Crippen molar-refractivity contribution in [2.75, 3.05) is 39.6 Å². The molecule has 0 spiro atoms.